The molecular weight excluding hydrogens is 503 g/mol. The Morgan fingerprint density at radius 3 is 2.42 bits per heavy atom. The summed E-state index contributed by atoms with van der Waals surface area (Å²) >= 11 is 6.56. The molecule has 0 bridgehead atoms. The Labute approximate surface area is 210 Å². The van der Waals surface area contributed by atoms with Gasteiger partial charge in [-0.05, 0) is 44.4 Å². The number of hydrogen-bond acceptors (Lipinski definition) is 7. The molecule has 0 aliphatic carbocycles. The van der Waals surface area contributed by atoms with Crippen molar-refractivity contribution in [3.8, 4) is 5.75 Å². The van der Waals surface area contributed by atoms with Crippen molar-refractivity contribution in [1.82, 2.24) is 19.7 Å². The van der Waals surface area contributed by atoms with Crippen LogP contribution >= 0.6 is 11.6 Å². The number of ether oxygens (including phenoxy) is 1. The molecule has 0 fully saturated rings. The second-order valence-electron chi connectivity index (χ2n) is 7.94. The van der Waals surface area contributed by atoms with E-state index >= 15 is 0 Å². The number of carbonyl (C=O) groups excluding carboxylic acids is 1. The summed E-state index contributed by atoms with van der Waals surface area (Å²) < 4.78 is 39.3. The van der Waals surface area contributed by atoms with E-state index in [4.69, 9.17) is 32.0 Å². The van der Waals surface area contributed by atoms with E-state index in [9.17, 15) is 18.0 Å². The SMILES string of the molecule is CCC(=O)CCc1c(C)c(Cl)cc(C(C)n2nc(C)c3c(N)ncnc32)c1OC.O=C(O)C(F)(F)F. The second kappa shape index (κ2) is 11.5. The molecule has 0 spiro atoms. The monoisotopic (exact) mass is 529 g/mol. The topological polar surface area (TPSA) is 133 Å². The lowest BCUT2D eigenvalue weighted by molar-refractivity contribution is -0.192. The highest BCUT2D eigenvalue weighted by atomic mass is 35.5. The third kappa shape index (κ3) is 6.23. The summed E-state index contributed by atoms with van der Waals surface area (Å²) in [5.41, 5.74) is 10.2. The van der Waals surface area contributed by atoms with Crippen LogP contribution in [0.2, 0.25) is 5.02 Å². The number of anilines is 1. The average Bonchev–Trinajstić information content (AvgIpc) is 3.16. The number of benzene rings is 1. The highest BCUT2D eigenvalue weighted by Gasteiger charge is 2.38. The molecule has 0 aliphatic rings. The van der Waals surface area contributed by atoms with Crippen molar-refractivity contribution in [3.63, 3.8) is 0 Å². The number of Topliss-reactive ketones (excluding diaryl/α,β-unsaturated/α-hetero) is 1. The van der Waals surface area contributed by atoms with Crippen molar-refractivity contribution in [2.24, 2.45) is 0 Å². The van der Waals surface area contributed by atoms with Crippen LogP contribution in [0.3, 0.4) is 0 Å². The number of ketones is 1. The van der Waals surface area contributed by atoms with Gasteiger partial charge in [-0.2, -0.15) is 18.3 Å². The number of halogens is 4. The van der Waals surface area contributed by atoms with Gasteiger partial charge in [-0.25, -0.2) is 19.4 Å². The normalized spacial score (nSPS) is 12.1. The van der Waals surface area contributed by atoms with E-state index in [0.29, 0.717) is 35.8 Å². The number of alkyl halides is 3. The third-order valence-electron chi connectivity index (χ3n) is 5.63. The lowest BCUT2D eigenvalue weighted by Gasteiger charge is -2.22. The molecule has 3 rings (SSSR count). The summed E-state index contributed by atoms with van der Waals surface area (Å²) in [7, 11) is 1.64. The zero-order chi connectivity index (χ0) is 27.4. The lowest BCUT2D eigenvalue weighted by Crippen LogP contribution is -2.21. The van der Waals surface area contributed by atoms with Crippen molar-refractivity contribution >= 4 is 40.2 Å². The first-order chi connectivity index (χ1) is 16.7. The van der Waals surface area contributed by atoms with Crippen molar-refractivity contribution in [2.45, 2.75) is 59.2 Å². The number of nitrogens with two attached hydrogens (primary N) is 1. The molecule has 0 saturated carbocycles. The molecule has 13 heteroatoms. The lowest BCUT2D eigenvalue weighted by atomic mass is 9.95. The van der Waals surface area contributed by atoms with Crippen LogP contribution in [0.5, 0.6) is 5.75 Å². The molecule has 0 saturated heterocycles. The van der Waals surface area contributed by atoms with Crippen LogP contribution in [0, 0.1) is 13.8 Å². The molecule has 196 valence electrons. The van der Waals surface area contributed by atoms with Crippen molar-refractivity contribution in [2.75, 3.05) is 12.8 Å². The highest BCUT2D eigenvalue weighted by molar-refractivity contribution is 6.31. The zero-order valence-corrected chi connectivity index (χ0v) is 21.2. The van der Waals surface area contributed by atoms with E-state index in [0.717, 1.165) is 33.5 Å². The number of hydrogen-bond donors (Lipinski definition) is 2. The zero-order valence-electron chi connectivity index (χ0n) is 20.4. The molecule has 9 nitrogen and oxygen atoms in total. The van der Waals surface area contributed by atoms with E-state index in [-0.39, 0.29) is 11.8 Å². The average molecular weight is 530 g/mol. The number of methoxy groups -OCH3 is 1. The van der Waals surface area contributed by atoms with Gasteiger partial charge in [-0.1, -0.05) is 18.5 Å². The number of nitrogens with zero attached hydrogens (tertiary/aromatic N) is 4. The molecule has 3 N–H and O–H groups in total. The summed E-state index contributed by atoms with van der Waals surface area (Å²) in [6.07, 6.45) is -2.10. The van der Waals surface area contributed by atoms with E-state index < -0.39 is 12.1 Å². The minimum Gasteiger partial charge on any atom is -0.496 e. The molecule has 2 heterocycles. The van der Waals surface area contributed by atoms with Crippen LogP contribution in [-0.4, -0.2) is 49.9 Å². The molecule has 2 aromatic heterocycles. The first-order valence-electron chi connectivity index (χ1n) is 10.9. The summed E-state index contributed by atoms with van der Waals surface area (Å²) in [6, 6.07) is 1.69. The molecule has 0 aliphatic heterocycles. The van der Waals surface area contributed by atoms with Crippen molar-refractivity contribution < 1.29 is 32.6 Å². The number of aryl methyl sites for hydroxylation is 1. The third-order valence-corrected chi connectivity index (χ3v) is 6.03. The van der Waals surface area contributed by atoms with Gasteiger partial charge in [0.1, 0.15) is 23.7 Å². The Balaban J connectivity index is 0.000000572. The summed E-state index contributed by atoms with van der Waals surface area (Å²) in [6.45, 7) is 7.71. The largest absolute Gasteiger partial charge is 0.496 e. The fourth-order valence-corrected chi connectivity index (χ4v) is 3.90. The minimum atomic E-state index is -5.08. The number of carbonyl (C=O) groups is 2. The number of fused-ring (bicyclic) bond motifs is 1. The van der Waals surface area contributed by atoms with E-state index in [2.05, 4.69) is 15.1 Å². The van der Waals surface area contributed by atoms with E-state index in [1.54, 1.807) is 7.11 Å². The highest BCUT2D eigenvalue weighted by Crippen LogP contribution is 2.39. The Morgan fingerprint density at radius 2 is 1.89 bits per heavy atom. The number of carboxylic acids is 1. The molecule has 3 aromatic rings. The standard InChI is InChI=1S/C21H26ClN5O2.C2HF3O2/c1-6-14(28)7-8-15-11(2)17(22)9-16(19(15)29-5)13(4)27-21-18(12(3)26-27)20(23)24-10-25-21;3-2(4,5)1(6)7/h9-10,13H,6-8H2,1-5H3,(H2,23,24,25);(H,6,7). The van der Waals surface area contributed by atoms with Gasteiger partial charge in [0.2, 0.25) is 0 Å². The molecular formula is C23H27ClF3N5O4. The predicted molar refractivity (Wildman–Crippen MR) is 128 cm³/mol. The van der Waals surface area contributed by atoms with Crippen molar-refractivity contribution in [3.05, 3.63) is 39.8 Å². The van der Waals surface area contributed by atoms with Crippen LogP contribution in [0.25, 0.3) is 11.0 Å². The number of nitrogen functional groups attached to an aromatic ring is 1. The Kier molecular flexibility index (Phi) is 9.25. The molecule has 36 heavy (non-hydrogen) atoms. The number of aromatic nitrogens is 4. The van der Waals surface area contributed by atoms with E-state index in [1.165, 1.54) is 6.33 Å². The van der Waals surface area contributed by atoms with Crippen LogP contribution in [0.4, 0.5) is 19.0 Å². The fraction of sp³-hybridized carbons (Fsp3) is 0.435. The fourth-order valence-electron chi connectivity index (χ4n) is 3.66. The maximum absolute atomic E-state index is 11.9. The van der Waals surface area contributed by atoms with Gasteiger partial charge >= 0.3 is 12.1 Å². The maximum atomic E-state index is 11.9. The summed E-state index contributed by atoms with van der Waals surface area (Å²) in [5, 5.41) is 13.2. The number of rotatable bonds is 7. The summed E-state index contributed by atoms with van der Waals surface area (Å²) in [4.78, 5) is 29.2. The number of aliphatic carboxylic acids is 1. The molecule has 0 amide bonds. The maximum Gasteiger partial charge on any atom is 0.490 e. The van der Waals surface area contributed by atoms with Crippen LogP contribution < -0.4 is 10.5 Å². The molecule has 1 aromatic carbocycles. The quantitative estimate of drug-likeness (QED) is 0.444. The smallest absolute Gasteiger partial charge is 0.490 e. The van der Waals surface area contributed by atoms with Crippen LogP contribution in [0.15, 0.2) is 12.4 Å². The predicted octanol–water partition coefficient (Wildman–Crippen LogP) is 4.84. The van der Waals surface area contributed by atoms with Gasteiger partial charge in [-0.15, -0.1) is 0 Å². The second-order valence-corrected chi connectivity index (χ2v) is 8.35. The van der Waals surface area contributed by atoms with Gasteiger partial charge in [0.25, 0.3) is 0 Å². The summed E-state index contributed by atoms with van der Waals surface area (Å²) in [5.74, 6) is -1.42. The first kappa shape index (κ1) is 28.8. The molecule has 1 unspecified atom stereocenters. The first-order valence-corrected chi connectivity index (χ1v) is 11.2. The molecule has 1 atom stereocenters. The van der Waals surface area contributed by atoms with Gasteiger partial charge in [0.15, 0.2) is 5.65 Å². The minimum absolute atomic E-state index is 0.210. The van der Waals surface area contributed by atoms with Gasteiger partial charge in [0, 0.05) is 23.4 Å². The Morgan fingerprint density at radius 1 is 1.28 bits per heavy atom. The van der Waals surface area contributed by atoms with Crippen LogP contribution in [-0.2, 0) is 16.0 Å². The Bertz CT molecular complexity index is 1280. The van der Waals surface area contributed by atoms with Crippen molar-refractivity contribution in [1.29, 1.82) is 0 Å². The Hall–Kier alpha value is -3.41. The molecule has 0 radical (unpaired) electrons. The number of carboxylic acid groups (broad SMARTS) is 1. The van der Waals surface area contributed by atoms with Crippen LogP contribution in [0.1, 0.15) is 55.1 Å². The van der Waals surface area contributed by atoms with E-state index in [1.807, 2.05) is 38.4 Å². The van der Waals surface area contributed by atoms with Gasteiger partial charge in [-0.3, -0.25) is 4.79 Å². The van der Waals surface area contributed by atoms with Gasteiger partial charge in [0.05, 0.1) is 24.2 Å². The van der Waals surface area contributed by atoms with Gasteiger partial charge < -0.3 is 15.6 Å².